The maximum absolute atomic E-state index is 3.95. The maximum Gasteiger partial charge on any atom is 0.0692 e. The fourth-order valence-corrected chi connectivity index (χ4v) is 2.29. The Hall–Kier alpha value is -1.68. The fraction of sp³-hybridized carbons (Fsp3) is 0.467. The Kier molecular flexibility index (Phi) is 4.68. The minimum atomic E-state index is 0.384. The molecule has 1 aromatic heterocycles. The average Bonchev–Trinajstić information content (AvgIpc) is 2.86. The van der Waals surface area contributed by atoms with Gasteiger partial charge in [-0.3, -0.25) is 4.68 Å². The molecule has 1 atom stereocenters. The van der Waals surface area contributed by atoms with Crippen LogP contribution >= 0.6 is 0 Å². The van der Waals surface area contributed by atoms with E-state index in [9.17, 15) is 0 Å². The molecule has 0 bridgehead atoms. The molecule has 2 aromatic rings. The Morgan fingerprint density at radius 1 is 1.21 bits per heavy atom. The van der Waals surface area contributed by atoms with Crippen molar-refractivity contribution >= 4 is 0 Å². The molecule has 0 aliphatic carbocycles. The third-order valence-corrected chi connectivity index (χ3v) is 3.23. The van der Waals surface area contributed by atoms with Crippen LogP contribution in [-0.2, 0) is 6.54 Å². The van der Waals surface area contributed by atoms with E-state index in [-0.39, 0.29) is 0 Å². The lowest BCUT2D eigenvalue weighted by atomic mass is 10.0. The third-order valence-electron chi connectivity index (χ3n) is 3.23. The Morgan fingerprint density at radius 2 is 1.95 bits per heavy atom. The highest BCUT2D eigenvalue weighted by Crippen LogP contribution is 2.16. The molecule has 1 aromatic carbocycles. The first-order chi connectivity index (χ1) is 9.15. The molecule has 0 saturated heterocycles. The summed E-state index contributed by atoms with van der Waals surface area (Å²) in [5.74, 6) is 0. The number of hydrogen-bond donors (Lipinski definition) is 1. The Bertz CT molecular complexity index is 485. The first-order valence-electron chi connectivity index (χ1n) is 6.81. The molecule has 0 aliphatic rings. The zero-order valence-corrected chi connectivity index (χ0v) is 11.9. The molecule has 1 unspecified atom stereocenters. The number of rotatable bonds is 6. The van der Waals surface area contributed by atoms with Crippen LogP contribution in [0, 0.1) is 13.8 Å². The van der Waals surface area contributed by atoms with Crippen molar-refractivity contribution in [1.82, 2.24) is 20.3 Å². The summed E-state index contributed by atoms with van der Waals surface area (Å²) in [6.07, 6.45) is 4.66. The molecule has 19 heavy (non-hydrogen) atoms. The standard InChI is InChI=1S/C15H22N4/c1-12-9-13(2)11-15(10-12)14(3)16-5-4-7-19-8-6-17-18-19/h6,8-11,14,16H,4-5,7H2,1-3H3. The van der Waals surface area contributed by atoms with Gasteiger partial charge in [-0.1, -0.05) is 34.5 Å². The van der Waals surface area contributed by atoms with Crippen molar-refractivity contribution in [2.45, 2.75) is 39.8 Å². The van der Waals surface area contributed by atoms with Gasteiger partial charge in [0.15, 0.2) is 0 Å². The number of hydrogen-bond acceptors (Lipinski definition) is 3. The van der Waals surface area contributed by atoms with Gasteiger partial charge in [-0.15, -0.1) is 5.10 Å². The van der Waals surface area contributed by atoms with Crippen LogP contribution in [0.25, 0.3) is 0 Å². The van der Waals surface area contributed by atoms with Crippen molar-refractivity contribution in [1.29, 1.82) is 0 Å². The molecular formula is C15H22N4. The molecule has 0 fully saturated rings. The average molecular weight is 258 g/mol. The topological polar surface area (TPSA) is 42.7 Å². The molecule has 4 heteroatoms. The van der Waals surface area contributed by atoms with Crippen molar-refractivity contribution in [3.8, 4) is 0 Å². The number of nitrogens with one attached hydrogen (secondary N) is 1. The van der Waals surface area contributed by atoms with E-state index in [2.05, 4.69) is 54.6 Å². The van der Waals surface area contributed by atoms with Gasteiger partial charge in [-0.05, 0) is 39.3 Å². The largest absolute Gasteiger partial charge is 0.310 e. The smallest absolute Gasteiger partial charge is 0.0692 e. The molecule has 4 nitrogen and oxygen atoms in total. The summed E-state index contributed by atoms with van der Waals surface area (Å²) in [6, 6.07) is 7.10. The summed E-state index contributed by atoms with van der Waals surface area (Å²) < 4.78 is 1.86. The molecule has 1 N–H and O–H groups in total. The highest BCUT2D eigenvalue weighted by Gasteiger charge is 2.05. The van der Waals surface area contributed by atoms with Crippen LogP contribution in [0.1, 0.15) is 36.1 Å². The Balaban J connectivity index is 1.79. The molecule has 0 amide bonds. The van der Waals surface area contributed by atoms with Gasteiger partial charge in [0.05, 0.1) is 6.20 Å². The highest BCUT2D eigenvalue weighted by atomic mass is 15.4. The van der Waals surface area contributed by atoms with Crippen LogP contribution in [0.2, 0.25) is 0 Å². The van der Waals surface area contributed by atoms with Crippen molar-refractivity contribution in [2.75, 3.05) is 6.54 Å². The molecule has 0 aliphatic heterocycles. The lowest BCUT2D eigenvalue weighted by molar-refractivity contribution is 0.499. The maximum atomic E-state index is 3.95. The predicted octanol–water partition coefficient (Wildman–Crippen LogP) is 2.64. The lowest BCUT2D eigenvalue weighted by Crippen LogP contribution is -2.21. The molecule has 0 saturated carbocycles. The molecule has 0 spiro atoms. The summed E-state index contributed by atoms with van der Waals surface area (Å²) in [6.45, 7) is 8.39. The zero-order valence-electron chi connectivity index (χ0n) is 11.9. The van der Waals surface area contributed by atoms with Crippen molar-refractivity contribution in [2.24, 2.45) is 0 Å². The number of aromatic nitrogens is 3. The van der Waals surface area contributed by atoms with E-state index in [1.165, 1.54) is 16.7 Å². The van der Waals surface area contributed by atoms with E-state index >= 15 is 0 Å². The molecule has 0 radical (unpaired) electrons. The second-order valence-electron chi connectivity index (χ2n) is 5.12. The second kappa shape index (κ2) is 6.48. The summed E-state index contributed by atoms with van der Waals surface area (Å²) in [7, 11) is 0. The molecule has 1 heterocycles. The van der Waals surface area contributed by atoms with E-state index < -0.39 is 0 Å². The van der Waals surface area contributed by atoms with Gasteiger partial charge in [0.2, 0.25) is 0 Å². The van der Waals surface area contributed by atoms with E-state index in [0.717, 1.165) is 19.5 Å². The van der Waals surface area contributed by atoms with Crippen LogP contribution in [0.15, 0.2) is 30.6 Å². The van der Waals surface area contributed by atoms with Gasteiger partial charge in [0.1, 0.15) is 0 Å². The second-order valence-corrected chi connectivity index (χ2v) is 5.12. The van der Waals surface area contributed by atoms with E-state index in [1.807, 2.05) is 10.9 Å². The van der Waals surface area contributed by atoms with Crippen LogP contribution in [0.3, 0.4) is 0 Å². The van der Waals surface area contributed by atoms with Crippen LogP contribution < -0.4 is 5.32 Å². The Labute approximate surface area is 114 Å². The van der Waals surface area contributed by atoms with Crippen LogP contribution in [0.5, 0.6) is 0 Å². The SMILES string of the molecule is Cc1cc(C)cc(C(C)NCCCn2ccnn2)c1. The predicted molar refractivity (Wildman–Crippen MR) is 77.0 cm³/mol. The first-order valence-corrected chi connectivity index (χ1v) is 6.81. The molecular weight excluding hydrogens is 236 g/mol. The van der Waals surface area contributed by atoms with Gasteiger partial charge in [-0.25, -0.2) is 0 Å². The fourth-order valence-electron chi connectivity index (χ4n) is 2.29. The zero-order chi connectivity index (χ0) is 13.7. The quantitative estimate of drug-likeness (QED) is 0.810. The minimum Gasteiger partial charge on any atom is -0.310 e. The van der Waals surface area contributed by atoms with E-state index in [1.54, 1.807) is 6.20 Å². The number of benzene rings is 1. The van der Waals surface area contributed by atoms with Gasteiger partial charge in [-0.2, -0.15) is 0 Å². The number of nitrogens with zero attached hydrogens (tertiary/aromatic N) is 3. The van der Waals surface area contributed by atoms with Gasteiger partial charge < -0.3 is 5.32 Å². The summed E-state index contributed by atoms with van der Waals surface area (Å²) in [4.78, 5) is 0. The number of aryl methyl sites for hydroxylation is 3. The van der Waals surface area contributed by atoms with Crippen molar-refractivity contribution in [3.05, 3.63) is 47.3 Å². The van der Waals surface area contributed by atoms with Crippen LogP contribution in [-0.4, -0.2) is 21.5 Å². The van der Waals surface area contributed by atoms with E-state index in [0.29, 0.717) is 6.04 Å². The Morgan fingerprint density at radius 3 is 2.58 bits per heavy atom. The van der Waals surface area contributed by atoms with Crippen molar-refractivity contribution < 1.29 is 0 Å². The summed E-state index contributed by atoms with van der Waals surface area (Å²) in [5, 5.41) is 11.3. The normalized spacial score (nSPS) is 12.6. The third kappa shape index (κ3) is 4.17. The first kappa shape index (κ1) is 13.7. The van der Waals surface area contributed by atoms with Crippen molar-refractivity contribution in [3.63, 3.8) is 0 Å². The summed E-state index contributed by atoms with van der Waals surface area (Å²) >= 11 is 0. The summed E-state index contributed by atoms with van der Waals surface area (Å²) in [5.41, 5.74) is 4.01. The van der Waals surface area contributed by atoms with Crippen LogP contribution in [0.4, 0.5) is 0 Å². The van der Waals surface area contributed by atoms with Gasteiger partial charge in [0.25, 0.3) is 0 Å². The monoisotopic (exact) mass is 258 g/mol. The molecule has 102 valence electrons. The van der Waals surface area contributed by atoms with Gasteiger partial charge >= 0.3 is 0 Å². The van der Waals surface area contributed by atoms with Gasteiger partial charge in [0, 0.05) is 18.8 Å². The lowest BCUT2D eigenvalue weighted by Gasteiger charge is -2.15. The highest BCUT2D eigenvalue weighted by molar-refractivity contribution is 5.30. The van der Waals surface area contributed by atoms with E-state index in [4.69, 9.17) is 0 Å². The molecule has 2 rings (SSSR count). The minimum absolute atomic E-state index is 0.384.